The average molecular weight is 330 g/mol. The number of amides is 3. The molecule has 130 valence electrons. The fourth-order valence-corrected chi connectivity index (χ4v) is 3.50. The number of piperidine rings is 1. The molecule has 0 radical (unpaired) electrons. The second-order valence-electron chi connectivity index (χ2n) is 7.11. The molecule has 1 aromatic rings. The van der Waals surface area contributed by atoms with Gasteiger partial charge in [-0.2, -0.15) is 0 Å². The number of carbonyl (C=O) groups excluding carboxylic acids is 2. The van der Waals surface area contributed by atoms with Gasteiger partial charge in [0.25, 0.3) is 0 Å². The second kappa shape index (κ2) is 6.81. The molecule has 24 heavy (non-hydrogen) atoms. The second-order valence-corrected chi connectivity index (χ2v) is 7.11. The number of hydrogen-bond donors (Lipinski definition) is 3. The van der Waals surface area contributed by atoms with Gasteiger partial charge in [0.2, 0.25) is 5.91 Å². The van der Waals surface area contributed by atoms with Gasteiger partial charge in [0.1, 0.15) is 0 Å². The van der Waals surface area contributed by atoms with Crippen molar-refractivity contribution in [1.82, 2.24) is 15.5 Å². The van der Waals surface area contributed by atoms with E-state index in [9.17, 15) is 9.59 Å². The number of urea groups is 1. The molecule has 2 aliphatic rings. The molecule has 3 N–H and O–H groups in total. The van der Waals surface area contributed by atoms with Gasteiger partial charge in [0.15, 0.2) is 0 Å². The maximum absolute atomic E-state index is 12.4. The maximum Gasteiger partial charge on any atom is 0.321 e. The zero-order chi connectivity index (χ0) is 17.2. The van der Waals surface area contributed by atoms with E-state index in [0.29, 0.717) is 6.54 Å². The molecule has 0 aromatic heterocycles. The minimum atomic E-state index is -0.165. The molecular weight excluding hydrogens is 304 g/mol. The zero-order valence-electron chi connectivity index (χ0n) is 14.4. The normalized spacial score (nSPS) is 21.2. The average Bonchev–Trinajstić information content (AvgIpc) is 3.26. The number of benzene rings is 1. The van der Waals surface area contributed by atoms with Crippen LogP contribution in [0.1, 0.15) is 24.8 Å². The Balaban J connectivity index is 1.51. The summed E-state index contributed by atoms with van der Waals surface area (Å²) >= 11 is 0. The Morgan fingerprint density at radius 2 is 2.04 bits per heavy atom. The third-order valence-corrected chi connectivity index (χ3v) is 5.16. The first-order valence-electron chi connectivity index (χ1n) is 8.56. The van der Waals surface area contributed by atoms with Crippen LogP contribution < -0.4 is 16.0 Å². The van der Waals surface area contributed by atoms with E-state index in [4.69, 9.17) is 0 Å². The van der Waals surface area contributed by atoms with Gasteiger partial charge in [-0.15, -0.1) is 0 Å². The summed E-state index contributed by atoms with van der Waals surface area (Å²) in [6, 6.07) is 7.42. The van der Waals surface area contributed by atoms with Gasteiger partial charge in [0.05, 0.1) is 0 Å². The van der Waals surface area contributed by atoms with E-state index in [1.807, 2.05) is 24.3 Å². The maximum atomic E-state index is 12.4. The van der Waals surface area contributed by atoms with E-state index < -0.39 is 0 Å². The number of nitrogens with one attached hydrogen (secondary N) is 3. The summed E-state index contributed by atoms with van der Waals surface area (Å²) in [5, 5.41) is 9.23. The lowest BCUT2D eigenvalue weighted by atomic mass is 9.92. The first kappa shape index (κ1) is 16.8. The highest BCUT2D eigenvalue weighted by atomic mass is 16.2. The van der Waals surface area contributed by atoms with Crippen molar-refractivity contribution in [2.75, 3.05) is 32.5 Å². The zero-order valence-corrected chi connectivity index (χ0v) is 14.4. The predicted molar refractivity (Wildman–Crippen MR) is 93.6 cm³/mol. The number of nitrogens with zero attached hydrogens (tertiary/aromatic N) is 1. The van der Waals surface area contributed by atoms with Crippen LogP contribution in [0.25, 0.3) is 0 Å². The highest BCUT2D eigenvalue weighted by Gasteiger charge is 2.57. The predicted octanol–water partition coefficient (Wildman–Crippen LogP) is 1.79. The molecule has 6 heteroatoms. The minimum Gasteiger partial charge on any atom is -0.352 e. The molecule has 3 amide bonds. The SMILES string of the molecule is CN(C)C(=O)Nc1cccc(CNC(=O)C2CC23CCNCC3)c1. The van der Waals surface area contributed by atoms with Gasteiger partial charge in [-0.1, -0.05) is 12.1 Å². The Morgan fingerprint density at radius 1 is 1.29 bits per heavy atom. The molecule has 3 rings (SSSR count). The van der Waals surface area contributed by atoms with E-state index in [1.54, 1.807) is 14.1 Å². The molecule has 1 saturated carbocycles. The molecule has 0 bridgehead atoms. The van der Waals surface area contributed by atoms with Crippen LogP contribution >= 0.6 is 0 Å². The lowest BCUT2D eigenvalue weighted by Gasteiger charge is -2.23. The van der Waals surface area contributed by atoms with Crippen LogP contribution in [-0.2, 0) is 11.3 Å². The summed E-state index contributed by atoms with van der Waals surface area (Å²) in [5.74, 6) is 0.343. The Bertz CT molecular complexity index is 623. The number of hydrogen-bond acceptors (Lipinski definition) is 3. The summed E-state index contributed by atoms with van der Waals surface area (Å²) < 4.78 is 0. The van der Waals surface area contributed by atoms with Crippen LogP contribution in [0.4, 0.5) is 10.5 Å². The molecule has 2 fully saturated rings. The molecule has 1 aromatic carbocycles. The topological polar surface area (TPSA) is 73.5 Å². The van der Waals surface area contributed by atoms with Gasteiger partial charge in [-0.25, -0.2) is 4.79 Å². The van der Waals surface area contributed by atoms with Crippen molar-refractivity contribution >= 4 is 17.6 Å². The van der Waals surface area contributed by atoms with E-state index >= 15 is 0 Å². The van der Waals surface area contributed by atoms with E-state index in [1.165, 1.54) is 4.90 Å². The third kappa shape index (κ3) is 3.70. The number of anilines is 1. The van der Waals surface area contributed by atoms with E-state index in [-0.39, 0.29) is 23.3 Å². The lowest BCUT2D eigenvalue weighted by Crippen LogP contribution is -2.33. The van der Waals surface area contributed by atoms with Crippen molar-refractivity contribution in [2.45, 2.75) is 25.8 Å². The standard InChI is InChI=1S/C18H26N4O2/c1-22(2)17(24)21-14-5-3-4-13(10-14)12-20-16(23)15-11-18(15)6-8-19-9-7-18/h3-5,10,15,19H,6-9,11-12H2,1-2H3,(H,20,23)(H,21,24). The van der Waals surface area contributed by atoms with Gasteiger partial charge < -0.3 is 20.9 Å². The first-order chi connectivity index (χ1) is 11.5. The van der Waals surface area contributed by atoms with Crippen LogP contribution in [0, 0.1) is 11.3 Å². The summed E-state index contributed by atoms with van der Waals surface area (Å²) in [4.78, 5) is 25.6. The van der Waals surface area contributed by atoms with Gasteiger partial charge >= 0.3 is 6.03 Å². The van der Waals surface area contributed by atoms with Crippen LogP contribution in [0.5, 0.6) is 0 Å². The lowest BCUT2D eigenvalue weighted by molar-refractivity contribution is -0.123. The Kier molecular flexibility index (Phi) is 4.76. The summed E-state index contributed by atoms with van der Waals surface area (Å²) in [6.45, 7) is 2.55. The van der Waals surface area contributed by atoms with Crippen LogP contribution in [0.2, 0.25) is 0 Å². The molecular formula is C18H26N4O2. The van der Waals surface area contributed by atoms with Crippen molar-refractivity contribution in [2.24, 2.45) is 11.3 Å². The van der Waals surface area contributed by atoms with Gasteiger partial charge in [-0.05, 0) is 55.5 Å². The minimum absolute atomic E-state index is 0.165. The van der Waals surface area contributed by atoms with Crippen LogP contribution in [0.3, 0.4) is 0 Å². The summed E-state index contributed by atoms with van der Waals surface area (Å²) in [6.07, 6.45) is 3.24. The van der Waals surface area contributed by atoms with Crippen molar-refractivity contribution in [3.63, 3.8) is 0 Å². The fourth-order valence-electron chi connectivity index (χ4n) is 3.50. The molecule has 1 unspecified atom stereocenters. The van der Waals surface area contributed by atoms with Crippen LogP contribution in [-0.4, -0.2) is 44.0 Å². The molecule has 1 spiro atoms. The van der Waals surface area contributed by atoms with E-state index in [0.717, 1.165) is 43.6 Å². The van der Waals surface area contributed by atoms with Crippen molar-refractivity contribution in [3.05, 3.63) is 29.8 Å². The molecule has 6 nitrogen and oxygen atoms in total. The first-order valence-corrected chi connectivity index (χ1v) is 8.56. The number of rotatable bonds is 4. The number of carbonyl (C=O) groups is 2. The van der Waals surface area contributed by atoms with Crippen molar-refractivity contribution in [3.8, 4) is 0 Å². The molecule has 1 aliphatic carbocycles. The largest absolute Gasteiger partial charge is 0.352 e. The fraction of sp³-hybridized carbons (Fsp3) is 0.556. The molecule has 1 aliphatic heterocycles. The Morgan fingerprint density at radius 3 is 2.75 bits per heavy atom. The monoisotopic (exact) mass is 330 g/mol. The Labute approximate surface area is 143 Å². The van der Waals surface area contributed by atoms with E-state index in [2.05, 4.69) is 16.0 Å². The smallest absolute Gasteiger partial charge is 0.321 e. The Hall–Kier alpha value is -2.08. The van der Waals surface area contributed by atoms with Gasteiger partial charge in [0, 0.05) is 32.2 Å². The van der Waals surface area contributed by atoms with Crippen molar-refractivity contribution < 1.29 is 9.59 Å². The highest BCUT2D eigenvalue weighted by Crippen LogP contribution is 2.58. The molecule has 1 heterocycles. The van der Waals surface area contributed by atoms with Crippen LogP contribution in [0.15, 0.2) is 24.3 Å². The molecule has 1 atom stereocenters. The summed E-state index contributed by atoms with van der Waals surface area (Å²) in [5.41, 5.74) is 1.98. The summed E-state index contributed by atoms with van der Waals surface area (Å²) in [7, 11) is 3.40. The highest BCUT2D eigenvalue weighted by molar-refractivity contribution is 5.89. The molecule has 1 saturated heterocycles. The third-order valence-electron chi connectivity index (χ3n) is 5.16. The quantitative estimate of drug-likeness (QED) is 0.788. The van der Waals surface area contributed by atoms with Gasteiger partial charge in [-0.3, -0.25) is 4.79 Å². The van der Waals surface area contributed by atoms with Crippen molar-refractivity contribution in [1.29, 1.82) is 0 Å².